The van der Waals surface area contributed by atoms with Crippen LogP contribution in [0.3, 0.4) is 0 Å². The molecule has 1 saturated carbocycles. The van der Waals surface area contributed by atoms with Crippen LogP contribution in [0, 0.1) is 5.41 Å². The molecule has 0 spiro atoms. The van der Waals surface area contributed by atoms with E-state index in [4.69, 9.17) is 4.74 Å². The Kier molecular flexibility index (Phi) is 3.24. The number of hydrogen-bond acceptors (Lipinski definition) is 1. The summed E-state index contributed by atoms with van der Waals surface area (Å²) < 4.78 is 5.71. The Morgan fingerprint density at radius 2 is 1.93 bits per heavy atom. The lowest BCUT2D eigenvalue weighted by Gasteiger charge is -2.11. The average molecular weight is 255 g/mol. The molecule has 1 fully saturated rings. The first-order valence-electron chi connectivity index (χ1n) is 5.02. The standard InChI is InChI=1S/C12H15BrO/c13-9-12(6-7-12)10-14-8-11-4-2-1-3-5-11/h1-5H,6-10H2. The molecule has 1 nitrogen and oxygen atoms in total. The number of hydrogen-bond donors (Lipinski definition) is 0. The quantitative estimate of drug-likeness (QED) is 0.733. The van der Waals surface area contributed by atoms with Crippen LogP contribution in [-0.4, -0.2) is 11.9 Å². The van der Waals surface area contributed by atoms with Crippen molar-refractivity contribution in [1.82, 2.24) is 0 Å². The first-order chi connectivity index (χ1) is 6.85. The molecule has 0 N–H and O–H groups in total. The van der Waals surface area contributed by atoms with Crippen LogP contribution in [0.1, 0.15) is 18.4 Å². The van der Waals surface area contributed by atoms with Crippen molar-refractivity contribution in [2.75, 3.05) is 11.9 Å². The molecule has 0 radical (unpaired) electrons. The molecule has 1 aromatic rings. The molecule has 2 rings (SSSR count). The fourth-order valence-corrected chi connectivity index (χ4v) is 2.18. The summed E-state index contributed by atoms with van der Waals surface area (Å²) in [5.41, 5.74) is 1.73. The molecule has 14 heavy (non-hydrogen) atoms. The SMILES string of the molecule is BrCC1(COCc2ccccc2)CC1. The van der Waals surface area contributed by atoms with Crippen LogP contribution in [0.5, 0.6) is 0 Å². The van der Waals surface area contributed by atoms with Gasteiger partial charge in [0.05, 0.1) is 13.2 Å². The minimum absolute atomic E-state index is 0.467. The summed E-state index contributed by atoms with van der Waals surface area (Å²) in [6, 6.07) is 10.3. The van der Waals surface area contributed by atoms with E-state index in [1.54, 1.807) is 0 Å². The highest BCUT2D eigenvalue weighted by Gasteiger charge is 2.41. The van der Waals surface area contributed by atoms with Gasteiger partial charge in [-0.2, -0.15) is 0 Å². The lowest BCUT2D eigenvalue weighted by atomic mass is 10.2. The zero-order chi connectivity index (χ0) is 9.86. The maximum absolute atomic E-state index is 5.71. The van der Waals surface area contributed by atoms with E-state index in [-0.39, 0.29) is 0 Å². The Hall–Kier alpha value is -0.340. The molecule has 0 aliphatic heterocycles. The summed E-state index contributed by atoms with van der Waals surface area (Å²) in [4.78, 5) is 0. The highest BCUT2D eigenvalue weighted by atomic mass is 79.9. The first kappa shape index (κ1) is 10.2. The fraction of sp³-hybridized carbons (Fsp3) is 0.500. The molecule has 0 atom stereocenters. The molecule has 0 bridgehead atoms. The number of benzene rings is 1. The summed E-state index contributed by atoms with van der Waals surface area (Å²) in [5, 5.41) is 1.08. The predicted octanol–water partition coefficient (Wildman–Crippen LogP) is 3.38. The van der Waals surface area contributed by atoms with Gasteiger partial charge in [-0.25, -0.2) is 0 Å². The molecule has 0 heterocycles. The van der Waals surface area contributed by atoms with Crippen molar-refractivity contribution >= 4 is 15.9 Å². The maximum atomic E-state index is 5.71. The van der Waals surface area contributed by atoms with Gasteiger partial charge in [0.1, 0.15) is 0 Å². The molecular formula is C12H15BrO. The van der Waals surface area contributed by atoms with Crippen molar-refractivity contribution < 1.29 is 4.74 Å². The minimum Gasteiger partial charge on any atom is -0.376 e. The highest BCUT2D eigenvalue weighted by molar-refractivity contribution is 9.09. The van der Waals surface area contributed by atoms with Gasteiger partial charge in [-0.3, -0.25) is 0 Å². The molecule has 2 heteroatoms. The molecular weight excluding hydrogens is 240 g/mol. The van der Waals surface area contributed by atoms with E-state index in [1.165, 1.54) is 18.4 Å². The van der Waals surface area contributed by atoms with Crippen LogP contribution in [0.4, 0.5) is 0 Å². The van der Waals surface area contributed by atoms with Crippen LogP contribution in [-0.2, 0) is 11.3 Å². The summed E-state index contributed by atoms with van der Waals surface area (Å²) in [6.45, 7) is 1.64. The second-order valence-electron chi connectivity index (χ2n) is 4.11. The van der Waals surface area contributed by atoms with E-state index in [2.05, 4.69) is 40.2 Å². The van der Waals surface area contributed by atoms with Crippen LogP contribution in [0.25, 0.3) is 0 Å². The third kappa shape index (κ3) is 2.58. The van der Waals surface area contributed by atoms with Crippen molar-refractivity contribution in [1.29, 1.82) is 0 Å². The average Bonchev–Trinajstić information content (AvgIpc) is 3.00. The van der Waals surface area contributed by atoms with Crippen molar-refractivity contribution in [2.24, 2.45) is 5.41 Å². The van der Waals surface area contributed by atoms with Crippen LogP contribution in [0.15, 0.2) is 30.3 Å². The molecule has 1 aliphatic rings. The predicted molar refractivity (Wildman–Crippen MR) is 61.6 cm³/mol. The lowest BCUT2D eigenvalue weighted by molar-refractivity contribution is 0.0860. The Balaban J connectivity index is 1.73. The van der Waals surface area contributed by atoms with Gasteiger partial charge in [-0.1, -0.05) is 46.3 Å². The van der Waals surface area contributed by atoms with E-state index in [0.717, 1.165) is 18.5 Å². The lowest BCUT2D eigenvalue weighted by Crippen LogP contribution is -2.11. The van der Waals surface area contributed by atoms with Crippen LogP contribution in [0.2, 0.25) is 0 Å². The normalized spacial score (nSPS) is 18.1. The zero-order valence-electron chi connectivity index (χ0n) is 8.21. The van der Waals surface area contributed by atoms with E-state index < -0.39 is 0 Å². The topological polar surface area (TPSA) is 9.23 Å². The van der Waals surface area contributed by atoms with Crippen molar-refractivity contribution in [3.8, 4) is 0 Å². The van der Waals surface area contributed by atoms with Crippen molar-refractivity contribution in [2.45, 2.75) is 19.4 Å². The molecule has 76 valence electrons. The summed E-state index contributed by atoms with van der Waals surface area (Å²) in [7, 11) is 0. The van der Waals surface area contributed by atoms with Crippen LogP contribution < -0.4 is 0 Å². The minimum atomic E-state index is 0.467. The Morgan fingerprint density at radius 3 is 2.50 bits per heavy atom. The largest absolute Gasteiger partial charge is 0.376 e. The third-order valence-corrected chi connectivity index (χ3v) is 3.95. The van der Waals surface area contributed by atoms with Crippen molar-refractivity contribution in [3.63, 3.8) is 0 Å². The van der Waals surface area contributed by atoms with Gasteiger partial charge in [0, 0.05) is 10.7 Å². The van der Waals surface area contributed by atoms with Gasteiger partial charge < -0.3 is 4.74 Å². The molecule has 0 amide bonds. The molecule has 0 saturated heterocycles. The second kappa shape index (κ2) is 4.45. The Bertz CT molecular complexity index is 280. The van der Waals surface area contributed by atoms with Crippen molar-refractivity contribution in [3.05, 3.63) is 35.9 Å². The van der Waals surface area contributed by atoms with E-state index in [0.29, 0.717) is 5.41 Å². The van der Waals surface area contributed by atoms with Gasteiger partial charge >= 0.3 is 0 Å². The zero-order valence-corrected chi connectivity index (χ0v) is 9.79. The number of alkyl halides is 1. The number of ether oxygens (including phenoxy) is 1. The second-order valence-corrected chi connectivity index (χ2v) is 4.67. The number of rotatable bonds is 5. The Morgan fingerprint density at radius 1 is 1.21 bits per heavy atom. The molecule has 1 aromatic carbocycles. The maximum Gasteiger partial charge on any atom is 0.0717 e. The van der Waals surface area contributed by atoms with E-state index >= 15 is 0 Å². The van der Waals surface area contributed by atoms with Crippen LogP contribution >= 0.6 is 15.9 Å². The molecule has 1 aliphatic carbocycles. The van der Waals surface area contributed by atoms with E-state index in [9.17, 15) is 0 Å². The monoisotopic (exact) mass is 254 g/mol. The third-order valence-electron chi connectivity index (χ3n) is 2.76. The molecule has 0 unspecified atom stereocenters. The fourth-order valence-electron chi connectivity index (χ4n) is 1.45. The molecule has 0 aromatic heterocycles. The smallest absolute Gasteiger partial charge is 0.0717 e. The van der Waals surface area contributed by atoms with Gasteiger partial charge in [-0.15, -0.1) is 0 Å². The Labute approximate surface area is 93.6 Å². The van der Waals surface area contributed by atoms with Gasteiger partial charge in [0.15, 0.2) is 0 Å². The van der Waals surface area contributed by atoms with Gasteiger partial charge in [-0.05, 0) is 18.4 Å². The number of halogens is 1. The van der Waals surface area contributed by atoms with Gasteiger partial charge in [0.2, 0.25) is 0 Å². The summed E-state index contributed by atoms with van der Waals surface area (Å²) in [6.07, 6.45) is 2.63. The highest BCUT2D eigenvalue weighted by Crippen LogP contribution is 2.47. The first-order valence-corrected chi connectivity index (χ1v) is 6.14. The van der Waals surface area contributed by atoms with E-state index in [1.807, 2.05) is 6.07 Å². The van der Waals surface area contributed by atoms with Gasteiger partial charge in [0.25, 0.3) is 0 Å². The summed E-state index contributed by atoms with van der Waals surface area (Å²) >= 11 is 3.54. The summed E-state index contributed by atoms with van der Waals surface area (Å²) in [5.74, 6) is 0.